The molecule has 1 heterocycles. The molecule has 0 aliphatic rings. The molecule has 0 unspecified atom stereocenters. The molecule has 0 bridgehead atoms. The first-order chi connectivity index (χ1) is 13.3. The molecule has 0 radical (unpaired) electrons. The van der Waals surface area contributed by atoms with Crippen molar-refractivity contribution in [2.75, 3.05) is 4.90 Å². The highest BCUT2D eigenvalue weighted by Gasteiger charge is 2.27. The van der Waals surface area contributed by atoms with Crippen LogP contribution in [0, 0.1) is 0 Å². The van der Waals surface area contributed by atoms with E-state index in [2.05, 4.69) is 4.98 Å². The fourth-order valence-corrected chi connectivity index (χ4v) is 3.46. The summed E-state index contributed by atoms with van der Waals surface area (Å²) in [6.07, 6.45) is 3.52. The molecule has 4 aromatic rings. The molecule has 0 aliphatic carbocycles. The Morgan fingerprint density at radius 1 is 0.815 bits per heavy atom. The molecule has 0 fully saturated rings. The number of hydrogen-bond acceptors (Lipinski definition) is 2. The Morgan fingerprint density at radius 2 is 1.44 bits per heavy atom. The Bertz CT molecular complexity index is 1020. The topological polar surface area (TPSA) is 59.2 Å². The fourth-order valence-electron chi connectivity index (χ4n) is 3.46. The zero-order chi connectivity index (χ0) is 18.6. The van der Waals surface area contributed by atoms with Gasteiger partial charge in [-0.3, -0.25) is 9.88 Å². The Kier molecular flexibility index (Phi) is 4.54. The number of rotatable bonds is 4. The summed E-state index contributed by atoms with van der Waals surface area (Å²) in [5.41, 5.74) is 8.66. The van der Waals surface area contributed by atoms with Gasteiger partial charge < -0.3 is 5.73 Å². The van der Waals surface area contributed by atoms with Gasteiger partial charge in [-0.2, -0.15) is 0 Å². The van der Waals surface area contributed by atoms with Crippen LogP contribution in [0.4, 0.5) is 10.5 Å². The van der Waals surface area contributed by atoms with E-state index in [9.17, 15) is 4.79 Å². The van der Waals surface area contributed by atoms with Gasteiger partial charge in [0.1, 0.15) is 0 Å². The molecule has 4 nitrogen and oxygen atoms in total. The lowest BCUT2D eigenvalue weighted by atomic mass is 9.96. The third-order valence-electron chi connectivity index (χ3n) is 4.64. The third-order valence-corrected chi connectivity index (χ3v) is 4.64. The Morgan fingerprint density at radius 3 is 2.04 bits per heavy atom. The van der Waals surface area contributed by atoms with E-state index in [-0.39, 0.29) is 6.04 Å². The lowest BCUT2D eigenvalue weighted by Gasteiger charge is -2.32. The Balaban J connectivity index is 1.96. The molecule has 27 heavy (non-hydrogen) atoms. The lowest BCUT2D eigenvalue weighted by molar-refractivity contribution is 0.252. The van der Waals surface area contributed by atoms with Crippen LogP contribution in [0.25, 0.3) is 10.8 Å². The van der Waals surface area contributed by atoms with Crippen molar-refractivity contribution in [3.8, 4) is 0 Å². The highest BCUT2D eigenvalue weighted by molar-refractivity contribution is 6.03. The molecule has 4 rings (SSSR count). The van der Waals surface area contributed by atoms with E-state index in [0.29, 0.717) is 0 Å². The fraction of sp³-hybridized carbons (Fsp3) is 0.0435. The molecule has 0 aliphatic heterocycles. The summed E-state index contributed by atoms with van der Waals surface area (Å²) in [4.78, 5) is 18.5. The van der Waals surface area contributed by atoms with E-state index >= 15 is 0 Å². The highest BCUT2D eigenvalue weighted by atomic mass is 16.2. The summed E-state index contributed by atoms with van der Waals surface area (Å²) in [6.45, 7) is 0. The number of pyridine rings is 1. The minimum absolute atomic E-state index is 0.330. The molecule has 132 valence electrons. The van der Waals surface area contributed by atoms with Crippen LogP contribution in [0.2, 0.25) is 0 Å². The van der Waals surface area contributed by atoms with E-state index in [1.165, 1.54) is 0 Å². The largest absolute Gasteiger partial charge is 0.351 e. The number of aromatic nitrogens is 1. The van der Waals surface area contributed by atoms with Gasteiger partial charge >= 0.3 is 6.03 Å². The molecule has 0 saturated heterocycles. The number of carbonyl (C=O) groups is 1. The van der Waals surface area contributed by atoms with Crippen molar-refractivity contribution in [2.24, 2.45) is 5.73 Å². The van der Waals surface area contributed by atoms with Crippen molar-refractivity contribution in [1.29, 1.82) is 0 Å². The van der Waals surface area contributed by atoms with Gasteiger partial charge in [0.15, 0.2) is 0 Å². The number of nitrogens with two attached hydrogens (primary N) is 1. The van der Waals surface area contributed by atoms with E-state index in [1.807, 2.05) is 84.9 Å². The van der Waals surface area contributed by atoms with Gasteiger partial charge in [-0.15, -0.1) is 0 Å². The summed E-state index contributed by atoms with van der Waals surface area (Å²) in [6, 6.07) is 26.8. The predicted octanol–water partition coefficient (Wildman–Crippen LogP) is 4.91. The van der Waals surface area contributed by atoms with Crippen LogP contribution in [0.1, 0.15) is 17.2 Å². The van der Waals surface area contributed by atoms with Crippen molar-refractivity contribution in [1.82, 2.24) is 4.98 Å². The van der Waals surface area contributed by atoms with Crippen LogP contribution in [0.3, 0.4) is 0 Å². The van der Waals surface area contributed by atoms with Crippen LogP contribution in [-0.2, 0) is 0 Å². The molecule has 2 amide bonds. The van der Waals surface area contributed by atoms with Crippen molar-refractivity contribution in [3.05, 3.63) is 108 Å². The number of nitrogens with zero attached hydrogens (tertiary/aromatic N) is 2. The summed E-state index contributed by atoms with van der Waals surface area (Å²) >= 11 is 0. The first-order valence-electron chi connectivity index (χ1n) is 8.77. The third kappa shape index (κ3) is 3.25. The second kappa shape index (κ2) is 7.30. The molecule has 2 N–H and O–H groups in total. The number of fused-ring (bicyclic) bond motifs is 1. The van der Waals surface area contributed by atoms with Gasteiger partial charge in [0.05, 0.1) is 11.7 Å². The van der Waals surface area contributed by atoms with Gasteiger partial charge in [0.2, 0.25) is 0 Å². The first-order valence-corrected chi connectivity index (χ1v) is 8.77. The van der Waals surface area contributed by atoms with Gasteiger partial charge in [0, 0.05) is 23.2 Å². The molecule has 3 aromatic carbocycles. The molecule has 0 spiro atoms. The number of carbonyl (C=O) groups excluding carboxylic acids is 1. The van der Waals surface area contributed by atoms with Crippen LogP contribution in [0.5, 0.6) is 0 Å². The number of benzene rings is 3. The number of anilines is 1. The molecule has 0 saturated carbocycles. The second-order valence-electron chi connectivity index (χ2n) is 6.31. The molecule has 0 atom stereocenters. The molecule has 4 heteroatoms. The first kappa shape index (κ1) is 16.8. The predicted molar refractivity (Wildman–Crippen MR) is 109 cm³/mol. The van der Waals surface area contributed by atoms with Crippen molar-refractivity contribution in [3.63, 3.8) is 0 Å². The number of urea groups is 1. The zero-order valence-electron chi connectivity index (χ0n) is 14.7. The van der Waals surface area contributed by atoms with Gasteiger partial charge in [-0.05, 0) is 23.3 Å². The average Bonchev–Trinajstić information content (AvgIpc) is 2.73. The standard InChI is InChI=1S/C23H19N3O/c24-23(27)26(21-13-7-12-19-16-25-15-14-20(19)21)22(17-8-3-1-4-9-17)18-10-5-2-6-11-18/h1-16,22H,(H2,24,27). The van der Waals surface area contributed by atoms with Gasteiger partial charge in [-0.25, -0.2) is 4.79 Å². The zero-order valence-corrected chi connectivity index (χ0v) is 14.7. The van der Waals surface area contributed by atoms with E-state index in [0.717, 1.165) is 27.6 Å². The van der Waals surface area contributed by atoms with E-state index < -0.39 is 6.03 Å². The summed E-state index contributed by atoms with van der Waals surface area (Å²) in [7, 11) is 0. The minimum Gasteiger partial charge on any atom is -0.351 e. The monoisotopic (exact) mass is 353 g/mol. The minimum atomic E-state index is -0.503. The maximum Gasteiger partial charge on any atom is 0.320 e. The molecule has 1 aromatic heterocycles. The van der Waals surface area contributed by atoms with Crippen LogP contribution >= 0.6 is 0 Å². The number of amides is 2. The Labute approximate surface area is 157 Å². The lowest BCUT2D eigenvalue weighted by Crippen LogP contribution is -2.39. The van der Waals surface area contributed by atoms with Crippen LogP contribution in [0.15, 0.2) is 97.3 Å². The highest BCUT2D eigenvalue weighted by Crippen LogP contribution is 2.36. The van der Waals surface area contributed by atoms with E-state index in [1.54, 1.807) is 17.3 Å². The SMILES string of the molecule is NC(=O)N(c1cccc2cnccc12)C(c1ccccc1)c1ccccc1. The summed E-state index contributed by atoms with van der Waals surface area (Å²) < 4.78 is 0. The smallest absolute Gasteiger partial charge is 0.320 e. The maximum atomic E-state index is 12.7. The van der Waals surface area contributed by atoms with Crippen LogP contribution < -0.4 is 10.6 Å². The van der Waals surface area contributed by atoms with E-state index in [4.69, 9.17) is 5.73 Å². The van der Waals surface area contributed by atoms with Crippen molar-refractivity contribution < 1.29 is 4.79 Å². The maximum absolute atomic E-state index is 12.7. The normalized spacial score (nSPS) is 10.9. The summed E-state index contributed by atoms with van der Waals surface area (Å²) in [5, 5.41) is 1.89. The van der Waals surface area contributed by atoms with Crippen LogP contribution in [-0.4, -0.2) is 11.0 Å². The van der Waals surface area contributed by atoms with Gasteiger partial charge in [-0.1, -0.05) is 72.8 Å². The number of hydrogen-bond donors (Lipinski definition) is 1. The van der Waals surface area contributed by atoms with Crippen molar-refractivity contribution >= 4 is 22.5 Å². The summed E-state index contributed by atoms with van der Waals surface area (Å²) in [5.74, 6) is 0. The van der Waals surface area contributed by atoms with Crippen molar-refractivity contribution in [2.45, 2.75) is 6.04 Å². The second-order valence-corrected chi connectivity index (χ2v) is 6.31. The average molecular weight is 353 g/mol. The Hall–Kier alpha value is -3.66. The number of primary amides is 1. The molecular weight excluding hydrogens is 334 g/mol. The van der Waals surface area contributed by atoms with Gasteiger partial charge in [0.25, 0.3) is 0 Å². The quantitative estimate of drug-likeness (QED) is 0.567. The molecular formula is C23H19N3O.